The van der Waals surface area contributed by atoms with Gasteiger partial charge in [0, 0.05) is 19.2 Å². The van der Waals surface area contributed by atoms with Crippen molar-refractivity contribution >= 4 is 30.0 Å². The van der Waals surface area contributed by atoms with Gasteiger partial charge in [0.2, 0.25) is 5.91 Å². The average Bonchev–Trinajstić information content (AvgIpc) is 2.53. The molecule has 0 aromatic heterocycles. The molecule has 0 saturated carbocycles. The molecule has 1 unspecified atom stereocenters. The number of carbonyl (C=O) groups excluding carboxylic acids is 2. The number of benzene rings is 1. The number of rotatable bonds is 7. The van der Waals surface area contributed by atoms with Crippen molar-refractivity contribution in [3.05, 3.63) is 17.7 Å². The van der Waals surface area contributed by atoms with Crippen LogP contribution in [-0.4, -0.2) is 53.0 Å². The minimum absolute atomic E-state index is 0. The van der Waals surface area contributed by atoms with E-state index in [0.717, 1.165) is 0 Å². The zero-order valence-corrected chi connectivity index (χ0v) is 14.2. The number of halogens is 1. The Balaban J connectivity index is 0.00000484. The van der Waals surface area contributed by atoms with Gasteiger partial charge in [-0.25, -0.2) is 4.79 Å². The molecule has 1 aromatic rings. The Kier molecular flexibility index (Phi) is 9.01. The second-order valence-electron chi connectivity index (χ2n) is 4.30. The molecule has 1 atom stereocenters. The normalized spacial score (nSPS) is 11.0. The van der Waals surface area contributed by atoms with Crippen LogP contribution in [-0.2, 0) is 14.3 Å². The van der Waals surface area contributed by atoms with Gasteiger partial charge in [-0.3, -0.25) is 4.79 Å². The van der Waals surface area contributed by atoms with E-state index in [0.29, 0.717) is 11.5 Å². The van der Waals surface area contributed by atoms with Crippen LogP contribution >= 0.6 is 12.4 Å². The molecule has 1 amide bonds. The molecule has 1 rings (SSSR count). The number of anilines is 1. The van der Waals surface area contributed by atoms with E-state index in [-0.39, 0.29) is 30.3 Å². The van der Waals surface area contributed by atoms with Crippen LogP contribution in [0, 0.1) is 0 Å². The lowest BCUT2D eigenvalue weighted by molar-refractivity contribution is -0.118. The second-order valence-corrected chi connectivity index (χ2v) is 4.30. The van der Waals surface area contributed by atoms with Crippen LogP contribution in [0.3, 0.4) is 0 Å². The molecule has 0 saturated heterocycles. The number of carbonyl (C=O) groups is 2. The molecule has 0 bridgehead atoms. The highest BCUT2D eigenvalue weighted by Crippen LogP contribution is 2.33. The first-order chi connectivity index (χ1) is 10.5. The maximum atomic E-state index is 12.0. The molecule has 0 radical (unpaired) electrons. The number of amides is 1. The monoisotopic (exact) mass is 348 g/mol. The third kappa shape index (κ3) is 5.27. The van der Waals surface area contributed by atoms with Gasteiger partial charge in [-0.05, 0) is 0 Å². The van der Waals surface area contributed by atoms with Crippen molar-refractivity contribution in [2.75, 3.05) is 40.4 Å². The molecule has 0 aliphatic carbocycles. The maximum absolute atomic E-state index is 12.0. The summed E-state index contributed by atoms with van der Waals surface area (Å²) in [4.78, 5) is 23.8. The highest BCUT2D eigenvalue weighted by molar-refractivity contribution is 6.03. The first kappa shape index (κ1) is 21.0. The standard InChI is InChI=1S/C14H20N2O6.ClH/c1-19-7-9(15)13(17)16-10-6-12(21-3)11(20-2)5-8(10)14(18)22-4;/h5-6,9H,7,15H2,1-4H3,(H,16,17);1H. The summed E-state index contributed by atoms with van der Waals surface area (Å²) < 4.78 is 19.8. The van der Waals surface area contributed by atoms with Crippen molar-refractivity contribution < 1.29 is 28.5 Å². The van der Waals surface area contributed by atoms with Gasteiger partial charge in [-0.15, -0.1) is 12.4 Å². The van der Waals surface area contributed by atoms with Crippen molar-refractivity contribution in [1.29, 1.82) is 0 Å². The van der Waals surface area contributed by atoms with Crippen LogP contribution in [0.25, 0.3) is 0 Å². The van der Waals surface area contributed by atoms with Gasteiger partial charge in [0.25, 0.3) is 0 Å². The number of esters is 1. The molecule has 0 aliphatic rings. The Morgan fingerprint density at radius 1 is 1.13 bits per heavy atom. The van der Waals surface area contributed by atoms with E-state index in [2.05, 4.69) is 5.32 Å². The number of hydrogen-bond acceptors (Lipinski definition) is 7. The van der Waals surface area contributed by atoms with Crippen LogP contribution < -0.4 is 20.5 Å². The Bertz CT molecular complexity index is 552. The summed E-state index contributed by atoms with van der Waals surface area (Å²) in [6.07, 6.45) is 0. The Hall–Kier alpha value is -2.03. The van der Waals surface area contributed by atoms with E-state index in [1.165, 1.54) is 40.6 Å². The van der Waals surface area contributed by atoms with Crippen molar-refractivity contribution in [2.45, 2.75) is 6.04 Å². The molecule has 8 nitrogen and oxygen atoms in total. The van der Waals surface area contributed by atoms with Gasteiger partial charge in [-0.1, -0.05) is 0 Å². The summed E-state index contributed by atoms with van der Waals surface area (Å²) in [6, 6.07) is 2.01. The van der Waals surface area contributed by atoms with Gasteiger partial charge < -0.3 is 30.0 Å². The Morgan fingerprint density at radius 3 is 2.17 bits per heavy atom. The summed E-state index contributed by atoms with van der Waals surface area (Å²) in [7, 11) is 5.55. The quantitative estimate of drug-likeness (QED) is 0.702. The first-order valence-electron chi connectivity index (χ1n) is 6.38. The smallest absolute Gasteiger partial charge is 0.340 e. The predicted molar refractivity (Wildman–Crippen MR) is 86.6 cm³/mol. The molecule has 0 aliphatic heterocycles. The SMILES string of the molecule is COCC(N)C(=O)Nc1cc(OC)c(OC)cc1C(=O)OC.Cl. The number of hydrogen-bond donors (Lipinski definition) is 2. The average molecular weight is 349 g/mol. The molecule has 1 aromatic carbocycles. The van der Waals surface area contributed by atoms with Crippen LogP contribution in [0.2, 0.25) is 0 Å². The van der Waals surface area contributed by atoms with Crippen LogP contribution in [0.1, 0.15) is 10.4 Å². The zero-order valence-electron chi connectivity index (χ0n) is 13.4. The summed E-state index contributed by atoms with van der Waals surface area (Å²) in [5.74, 6) is -0.441. The number of nitrogens with one attached hydrogen (secondary N) is 1. The molecular formula is C14H21ClN2O6. The summed E-state index contributed by atoms with van der Waals surface area (Å²) >= 11 is 0. The lowest BCUT2D eigenvalue weighted by Gasteiger charge is -2.16. The lowest BCUT2D eigenvalue weighted by Crippen LogP contribution is -2.39. The minimum Gasteiger partial charge on any atom is -0.493 e. The lowest BCUT2D eigenvalue weighted by atomic mass is 10.1. The fourth-order valence-corrected chi connectivity index (χ4v) is 1.74. The van der Waals surface area contributed by atoms with E-state index in [1.807, 2.05) is 0 Å². The molecular weight excluding hydrogens is 328 g/mol. The van der Waals surface area contributed by atoms with Crippen LogP contribution in [0.15, 0.2) is 12.1 Å². The minimum atomic E-state index is -0.872. The van der Waals surface area contributed by atoms with Crippen LogP contribution in [0.4, 0.5) is 5.69 Å². The Labute approximate surface area is 140 Å². The van der Waals surface area contributed by atoms with Gasteiger partial charge in [0.15, 0.2) is 11.5 Å². The van der Waals surface area contributed by atoms with Gasteiger partial charge in [0.1, 0.15) is 6.04 Å². The van der Waals surface area contributed by atoms with Crippen molar-refractivity contribution in [3.8, 4) is 11.5 Å². The van der Waals surface area contributed by atoms with Crippen molar-refractivity contribution in [3.63, 3.8) is 0 Å². The third-order valence-corrected chi connectivity index (χ3v) is 2.87. The van der Waals surface area contributed by atoms with Gasteiger partial charge in [-0.2, -0.15) is 0 Å². The number of methoxy groups -OCH3 is 4. The van der Waals surface area contributed by atoms with E-state index in [9.17, 15) is 9.59 Å². The van der Waals surface area contributed by atoms with Crippen LogP contribution in [0.5, 0.6) is 11.5 Å². The third-order valence-electron chi connectivity index (χ3n) is 2.87. The predicted octanol–water partition coefficient (Wildman–Crippen LogP) is 0.824. The topological polar surface area (TPSA) is 109 Å². The second kappa shape index (κ2) is 9.88. The summed E-state index contributed by atoms with van der Waals surface area (Å²) in [5, 5.41) is 2.56. The molecule has 0 heterocycles. The van der Waals surface area contributed by atoms with E-state index < -0.39 is 17.9 Å². The van der Waals surface area contributed by atoms with Crippen molar-refractivity contribution in [1.82, 2.24) is 0 Å². The van der Waals surface area contributed by atoms with Gasteiger partial charge >= 0.3 is 5.97 Å². The fourth-order valence-electron chi connectivity index (χ4n) is 1.74. The fraction of sp³-hybridized carbons (Fsp3) is 0.429. The van der Waals surface area contributed by atoms with E-state index >= 15 is 0 Å². The largest absolute Gasteiger partial charge is 0.493 e. The molecule has 9 heteroatoms. The molecule has 23 heavy (non-hydrogen) atoms. The van der Waals surface area contributed by atoms with Gasteiger partial charge in [0.05, 0.1) is 39.2 Å². The van der Waals surface area contributed by atoms with E-state index in [1.54, 1.807) is 0 Å². The number of nitrogens with two attached hydrogens (primary N) is 1. The molecule has 0 fully saturated rings. The zero-order chi connectivity index (χ0) is 16.7. The highest BCUT2D eigenvalue weighted by atomic mass is 35.5. The first-order valence-corrected chi connectivity index (χ1v) is 6.38. The van der Waals surface area contributed by atoms with Crippen molar-refractivity contribution in [2.24, 2.45) is 5.73 Å². The van der Waals surface area contributed by atoms with E-state index in [4.69, 9.17) is 24.7 Å². The molecule has 130 valence electrons. The summed E-state index contributed by atoms with van der Waals surface area (Å²) in [5.41, 5.74) is 5.98. The Morgan fingerprint density at radius 2 is 1.70 bits per heavy atom. The maximum Gasteiger partial charge on any atom is 0.340 e. The molecule has 3 N–H and O–H groups in total. The molecule has 0 spiro atoms. The summed E-state index contributed by atoms with van der Waals surface area (Å²) in [6.45, 7) is 0.0483. The highest BCUT2D eigenvalue weighted by Gasteiger charge is 2.21. The number of ether oxygens (including phenoxy) is 4.